The minimum atomic E-state index is -0.351. The maximum Gasteiger partial charge on any atom is 0.272 e. The van der Waals surface area contributed by atoms with E-state index in [1.807, 2.05) is 25.1 Å². The number of benzene rings is 2. The SMILES string of the molecule is Cc1cc(Br)c(NCc2cccc([N+](=O)[O-])c2C)c(Br)c1. The standard InChI is InChI=1S/C15H14Br2N2O2/c1-9-6-12(16)15(13(17)7-9)18-8-11-4-3-5-14(10(11)2)19(20)21/h3-7,18H,8H2,1-2H3. The molecule has 0 spiro atoms. The van der Waals surface area contributed by atoms with Crippen LogP contribution < -0.4 is 5.32 Å². The van der Waals surface area contributed by atoms with E-state index in [0.29, 0.717) is 12.1 Å². The lowest BCUT2D eigenvalue weighted by atomic mass is 10.1. The van der Waals surface area contributed by atoms with Crippen LogP contribution in [0.25, 0.3) is 0 Å². The van der Waals surface area contributed by atoms with Crippen molar-refractivity contribution >= 4 is 43.2 Å². The third-order valence-electron chi connectivity index (χ3n) is 3.26. The van der Waals surface area contributed by atoms with E-state index in [1.54, 1.807) is 13.0 Å². The third-order valence-corrected chi connectivity index (χ3v) is 4.51. The van der Waals surface area contributed by atoms with Crippen molar-refractivity contribution in [1.29, 1.82) is 0 Å². The van der Waals surface area contributed by atoms with Gasteiger partial charge in [-0.25, -0.2) is 0 Å². The molecule has 0 saturated heterocycles. The molecule has 0 bridgehead atoms. The molecule has 2 aromatic carbocycles. The highest BCUT2D eigenvalue weighted by Crippen LogP contribution is 2.33. The summed E-state index contributed by atoms with van der Waals surface area (Å²) in [6.45, 7) is 4.31. The molecule has 0 atom stereocenters. The van der Waals surface area contributed by atoms with Crippen molar-refractivity contribution in [3.8, 4) is 0 Å². The Balaban J connectivity index is 2.25. The van der Waals surface area contributed by atoms with Crippen molar-refractivity contribution in [2.24, 2.45) is 0 Å². The van der Waals surface area contributed by atoms with Crippen LogP contribution in [-0.2, 0) is 6.54 Å². The predicted molar refractivity (Wildman–Crippen MR) is 91.7 cm³/mol. The van der Waals surface area contributed by atoms with E-state index in [4.69, 9.17) is 0 Å². The fraction of sp³-hybridized carbons (Fsp3) is 0.200. The number of hydrogen-bond acceptors (Lipinski definition) is 3. The highest BCUT2D eigenvalue weighted by Gasteiger charge is 2.13. The van der Waals surface area contributed by atoms with E-state index < -0.39 is 0 Å². The first-order chi connectivity index (χ1) is 9.90. The van der Waals surface area contributed by atoms with Crippen molar-refractivity contribution in [2.75, 3.05) is 5.32 Å². The summed E-state index contributed by atoms with van der Waals surface area (Å²) >= 11 is 7.05. The Kier molecular flexibility index (Phi) is 5.00. The summed E-state index contributed by atoms with van der Waals surface area (Å²) in [5.41, 5.74) is 3.83. The van der Waals surface area contributed by atoms with Gasteiger partial charge < -0.3 is 5.32 Å². The van der Waals surface area contributed by atoms with Gasteiger partial charge in [-0.15, -0.1) is 0 Å². The van der Waals surface area contributed by atoms with Gasteiger partial charge in [0.1, 0.15) is 0 Å². The molecule has 0 aliphatic carbocycles. The van der Waals surface area contributed by atoms with Crippen LogP contribution in [0.3, 0.4) is 0 Å². The first-order valence-corrected chi connectivity index (χ1v) is 7.91. The molecular formula is C15H14Br2N2O2. The molecule has 0 unspecified atom stereocenters. The second-order valence-corrected chi connectivity index (χ2v) is 6.48. The summed E-state index contributed by atoms with van der Waals surface area (Å²) < 4.78 is 1.91. The average molecular weight is 414 g/mol. The number of halogens is 2. The Labute approximate surface area is 140 Å². The van der Waals surface area contributed by atoms with Crippen molar-refractivity contribution in [1.82, 2.24) is 0 Å². The Hall–Kier alpha value is -1.40. The number of hydrogen-bond donors (Lipinski definition) is 1. The summed E-state index contributed by atoms with van der Waals surface area (Å²) in [6, 6.07) is 9.17. The smallest absolute Gasteiger partial charge is 0.272 e. The van der Waals surface area contributed by atoms with Gasteiger partial charge in [0.25, 0.3) is 5.69 Å². The van der Waals surface area contributed by atoms with Crippen LogP contribution in [0, 0.1) is 24.0 Å². The lowest BCUT2D eigenvalue weighted by Gasteiger charge is -2.13. The molecule has 1 N–H and O–H groups in total. The highest BCUT2D eigenvalue weighted by atomic mass is 79.9. The topological polar surface area (TPSA) is 55.2 Å². The number of nitrogens with one attached hydrogen (secondary N) is 1. The van der Waals surface area contributed by atoms with Gasteiger partial charge in [-0.3, -0.25) is 10.1 Å². The molecule has 6 heteroatoms. The molecule has 0 aliphatic heterocycles. The number of nitro benzene ring substituents is 1. The minimum absolute atomic E-state index is 0.149. The van der Waals surface area contributed by atoms with Crippen molar-refractivity contribution in [3.05, 3.63) is 66.1 Å². The zero-order chi connectivity index (χ0) is 15.6. The second-order valence-electron chi connectivity index (χ2n) is 4.78. The van der Waals surface area contributed by atoms with Crippen LogP contribution in [0.5, 0.6) is 0 Å². The number of aryl methyl sites for hydroxylation is 1. The van der Waals surface area contributed by atoms with Crippen molar-refractivity contribution < 1.29 is 4.92 Å². The Bertz CT molecular complexity index is 679. The van der Waals surface area contributed by atoms with E-state index in [1.165, 1.54) is 6.07 Å². The molecule has 0 amide bonds. The first-order valence-electron chi connectivity index (χ1n) is 6.32. The van der Waals surface area contributed by atoms with Gasteiger partial charge in [0.2, 0.25) is 0 Å². The molecule has 4 nitrogen and oxygen atoms in total. The molecule has 0 fully saturated rings. The van der Waals surface area contributed by atoms with E-state index in [9.17, 15) is 10.1 Å². The van der Waals surface area contributed by atoms with Gasteiger partial charge in [0, 0.05) is 27.1 Å². The second kappa shape index (κ2) is 6.58. The Morgan fingerprint density at radius 3 is 2.38 bits per heavy atom. The molecule has 0 saturated carbocycles. The van der Waals surface area contributed by atoms with Crippen LogP contribution in [0.1, 0.15) is 16.7 Å². The first kappa shape index (κ1) is 16.0. The predicted octanol–water partition coefficient (Wildman–Crippen LogP) is 5.35. The van der Waals surface area contributed by atoms with E-state index in [-0.39, 0.29) is 10.6 Å². The van der Waals surface area contributed by atoms with Crippen LogP contribution in [-0.4, -0.2) is 4.92 Å². The average Bonchev–Trinajstić information content (AvgIpc) is 2.38. The number of rotatable bonds is 4. The molecule has 0 heterocycles. The summed E-state index contributed by atoms with van der Waals surface area (Å²) in [5.74, 6) is 0. The Morgan fingerprint density at radius 1 is 1.19 bits per heavy atom. The van der Waals surface area contributed by atoms with Crippen LogP contribution >= 0.6 is 31.9 Å². The van der Waals surface area contributed by atoms with Gasteiger partial charge in [0.05, 0.1) is 10.6 Å². The normalized spacial score (nSPS) is 10.5. The molecule has 0 radical (unpaired) electrons. The van der Waals surface area contributed by atoms with Crippen LogP contribution in [0.15, 0.2) is 39.3 Å². The van der Waals surface area contributed by atoms with Crippen LogP contribution in [0.2, 0.25) is 0 Å². The molecule has 2 aromatic rings. The number of anilines is 1. The fourth-order valence-corrected chi connectivity index (χ4v) is 3.81. The Morgan fingerprint density at radius 2 is 1.81 bits per heavy atom. The van der Waals surface area contributed by atoms with Gasteiger partial charge in [0.15, 0.2) is 0 Å². The number of nitro groups is 1. The maximum absolute atomic E-state index is 11.0. The van der Waals surface area contributed by atoms with Gasteiger partial charge in [-0.2, -0.15) is 0 Å². The fourth-order valence-electron chi connectivity index (χ4n) is 2.11. The zero-order valence-electron chi connectivity index (χ0n) is 11.6. The summed E-state index contributed by atoms with van der Waals surface area (Å²) in [6.07, 6.45) is 0. The monoisotopic (exact) mass is 412 g/mol. The lowest BCUT2D eigenvalue weighted by molar-refractivity contribution is -0.385. The minimum Gasteiger partial charge on any atom is -0.379 e. The van der Waals surface area contributed by atoms with Crippen molar-refractivity contribution in [3.63, 3.8) is 0 Å². The molecule has 0 aliphatic rings. The lowest BCUT2D eigenvalue weighted by Crippen LogP contribution is -2.04. The number of nitrogens with zero attached hydrogens (tertiary/aromatic N) is 1. The highest BCUT2D eigenvalue weighted by molar-refractivity contribution is 9.11. The molecule has 21 heavy (non-hydrogen) atoms. The van der Waals surface area contributed by atoms with Gasteiger partial charge in [-0.05, 0) is 69.0 Å². The van der Waals surface area contributed by atoms with E-state index >= 15 is 0 Å². The van der Waals surface area contributed by atoms with Gasteiger partial charge >= 0.3 is 0 Å². The largest absolute Gasteiger partial charge is 0.379 e. The summed E-state index contributed by atoms with van der Waals surface area (Å²) in [4.78, 5) is 10.6. The van der Waals surface area contributed by atoms with E-state index in [2.05, 4.69) is 37.2 Å². The zero-order valence-corrected chi connectivity index (χ0v) is 14.8. The molecule has 110 valence electrons. The maximum atomic E-state index is 11.0. The van der Waals surface area contributed by atoms with E-state index in [0.717, 1.165) is 25.8 Å². The van der Waals surface area contributed by atoms with Crippen LogP contribution in [0.4, 0.5) is 11.4 Å². The molecular weight excluding hydrogens is 400 g/mol. The summed E-state index contributed by atoms with van der Waals surface area (Å²) in [7, 11) is 0. The van der Waals surface area contributed by atoms with Gasteiger partial charge in [-0.1, -0.05) is 12.1 Å². The molecule has 0 aromatic heterocycles. The van der Waals surface area contributed by atoms with Crippen molar-refractivity contribution in [2.45, 2.75) is 20.4 Å². The quantitative estimate of drug-likeness (QED) is 0.542. The molecule has 2 rings (SSSR count). The third kappa shape index (κ3) is 3.63. The summed E-state index contributed by atoms with van der Waals surface area (Å²) in [5, 5.41) is 14.3.